The minimum Gasteiger partial charge on any atom is -0.548 e. The highest BCUT2D eigenvalue weighted by Crippen LogP contribution is 2.35. The molecule has 180 valence electrons. The molecule has 34 heavy (non-hydrogen) atoms. The maximum atomic E-state index is 12.7. The van der Waals surface area contributed by atoms with Crippen LogP contribution in [0.4, 0.5) is 4.79 Å². The third kappa shape index (κ3) is 4.75. The lowest BCUT2D eigenvalue weighted by Gasteiger charge is -2.20. The summed E-state index contributed by atoms with van der Waals surface area (Å²) in [7, 11) is 0. The number of amides is 3. The number of fused-ring (bicyclic) bond motifs is 4. The number of carbonyl (C=O) groups is 3. The van der Waals surface area contributed by atoms with Crippen molar-refractivity contribution in [3.63, 3.8) is 0 Å². The van der Waals surface area contributed by atoms with Crippen molar-refractivity contribution in [2.75, 3.05) is 6.54 Å². The molecular weight excluding hydrogens is 442 g/mol. The number of aryl methyl sites for hydroxylation is 3. The molecule has 4 N–H and O–H groups in total. The monoisotopic (exact) mass is 468 g/mol. The second kappa shape index (κ2) is 9.58. The largest absolute Gasteiger partial charge is 0.548 e. The number of benzene rings is 1. The Hall–Kier alpha value is -3.82. The first kappa shape index (κ1) is 23.3. The highest BCUT2D eigenvalue weighted by molar-refractivity contribution is 5.97. The van der Waals surface area contributed by atoms with E-state index in [-0.39, 0.29) is 31.4 Å². The number of rotatable bonds is 8. The van der Waals surface area contributed by atoms with Gasteiger partial charge < -0.3 is 35.1 Å². The second-order valence-electron chi connectivity index (χ2n) is 8.60. The molecule has 1 aliphatic rings. The standard InChI is InChI=1S/C24H27N3O7/c1-12-14-9-16-13-5-2-3-7-18(13)33-20(16)11-19(14)34-23(31)15(12)10-21(28)27-17(22(29)30)6-4-8-26-24(25)32/h9,11,17H,2-8,10H2,1H3,(H,27,28)(H,29,30)(H3,25,26,32)/p-1/t17-/m0/s1. The molecule has 1 aromatic carbocycles. The van der Waals surface area contributed by atoms with Gasteiger partial charge in [-0.25, -0.2) is 9.59 Å². The number of nitrogens with one attached hydrogen (secondary N) is 2. The third-order valence-corrected chi connectivity index (χ3v) is 6.29. The molecule has 0 aliphatic heterocycles. The summed E-state index contributed by atoms with van der Waals surface area (Å²) in [5.74, 6) is -1.13. The average molecular weight is 468 g/mol. The number of hydrogen-bond donors (Lipinski definition) is 3. The summed E-state index contributed by atoms with van der Waals surface area (Å²) in [6.07, 6.45) is 3.94. The van der Waals surface area contributed by atoms with Gasteiger partial charge in [0.25, 0.3) is 0 Å². The van der Waals surface area contributed by atoms with Crippen molar-refractivity contribution >= 4 is 39.8 Å². The first-order valence-corrected chi connectivity index (χ1v) is 11.3. The average Bonchev–Trinajstić information content (AvgIpc) is 3.14. The lowest BCUT2D eigenvalue weighted by Crippen LogP contribution is -2.48. The number of carbonyl (C=O) groups excluding carboxylic acids is 3. The zero-order valence-corrected chi connectivity index (χ0v) is 18.8. The SMILES string of the molecule is Cc1c(CC(=O)N[C@@H](CCCNC(N)=O)C(=O)[O-])c(=O)oc2cc3oc4c(c3cc12)CCCC4. The first-order chi connectivity index (χ1) is 16.2. The number of urea groups is 1. The Balaban J connectivity index is 1.56. The molecule has 1 atom stereocenters. The zero-order valence-electron chi connectivity index (χ0n) is 18.8. The van der Waals surface area contributed by atoms with Crippen molar-refractivity contribution in [3.05, 3.63) is 45.0 Å². The number of primary amides is 1. The molecule has 0 bridgehead atoms. The van der Waals surface area contributed by atoms with E-state index in [1.54, 1.807) is 13.0 Å². The van der Waals surface area contributed by atoms with Gasteiger partial charge in [-0.15, -0.1) is 0 Å². The molecule has 3 amide bonds. The first-order valence-electron chi connectivity index (χ1n) is 11.3. The van der Waals surface area contributed by atoms with Crippen LogP contribution in [0, 0.1) is 6.92 Å². The van der Waals surface area contributed by atoms with Crippen LogP contribution in [0.1, 0.15) is 48.1 Å². The van der Waals surface area contributed by atoms with Gasteiger partial charge in [0, 0.05) is 35.4 Å². The van der Waals surface area contributed by atoms with Crippen LogP contribution in [-0.2, 0) is 28.9 Å². The van der Waals surface area contributed by atoms with Gasteiger partial charge in [0.05, 0.1) is 24.0 Å². The van der Waals surface area contributed by atoms with E-state index in [2.05, 4.69) is 10.6 Å². The summed E-state index contributed by atoms with van der Waals surface area (Å²) < 4.78 is 11.5. The minimum absolute atomic E-state index is 0.0310. The van der Waals surface area contributed by atoms with Crippen LogP contribution in [0.15, 0.2) is 25.8 Å². The summed E-state index contributed by atoms with van der Waals surface area (Å²) in [4.78, 5) is 47.4. The molecule has 3 aromatic rings. The summed E-state index contributed by atoms with van der Waals surface area (Å²) in [6.45, 7) is 1.90. The summed E-state index contributed by atoms with van der Waals surface area (Å²) in [5.41, 5.74) is 7.30. The molecule has 2 heterocycles. The molecule has 2 aromatic heterocycles. The Morgan fingerprint density at radius 3 is 2.59 bits per heavy atom. The van der Waals surface area contributed by atoms with E-state index in [1.165, 1.54) is 5.56 Å². The van der Waals surface area contributed by atoms with Crippen LogP contribution in [0.2, 0.25) is 0 Å². The fraction of sp³-hybridized carbons (Fsp3) is 0.417. The maximum absolute atomic E-state index is 12.7. The maximum Gasteiger partial charge on any atom is 0.340 e. The van der Waals surface area contributed by atoms with Crippen molar-refractivity contribution in [3.8, 4) is 0 Å². The van der Waals surface area contributed by atoms with E-state index in [9.17, 15) is 24.3 Å². The van der Waals surface area contributed by atoms with Crippen molar-refractivity contribution in [2.24, 2.45) is 5.73 Å². The van der Waals surface area contributed by atoms with Gasteiger partial charge in [0.1, 0.15) is 16.9 Å². The van der Waals surface area contributed by atoms with Crippen LogP contribution in [-0.4, -0.2) is 30.5 Å². The molecular formula is C24H26N3O7-. The fourth-order valence-electron chi connectivity index (χ4n) is 4.52. The van der Waals surface area contributed by atoms with Gasteiger partial charge in [0.2, 0.25) is 5.91 Å². The second-order valence-corrected chi connectivity index (χ2v) is 8.60. The Morgan fingerprint density at radius 1 is 1.12 bits per heavy atom. The molecule has 10 nitrogen and oxygen atoms in total. The van der Waals surface area contributed by atoms with Crippen LogP contribution in [0.25, 0.3) is 21.9 Å². The molecule has 4 rings (SSSR count). The van der Waals surface area contributed by atoms with Crippen LogP contribution in [0.3, 0.4) is 0 Å². The molecule has 0 unspecified atom stereocenters. The van der Waals surface area contributed by atoms with Gasteiger partial charge in [-0.2, -0.15) is 0 Å². The van der Waals surface area contributed by atoms with Crippen molar-refractivity contribution in [2.45, 2.75) is 57.9 Å². The normalized spacial score (nSPS) is 14.0. The van der Waals surface area contributed by atoms with E-state index in [1.807, 2.05) is 6.07 Å². The number of carboxylic acid groups (broad SMARTS) is 1. The molecule has 0 saturated heterocycles. The van der Waals surface area contributed by atoms with E-state index < -0.39 is 29.6 Å². The van der Waals surface area contributed by atoms with E-state index in [4.69, 9.17) is 14.6 Å². The van der Waals surface area contributed by atoms with Crippen molar-refractivity contribution in [1.82, 2.24) is 10.6 Å². The Labute approximate surface area is 194 Å². The fourth-order valence-corrected chi connectivity index (χ4v) is 4.52. The van der Waals surface area contributed by atoms with Gasteiger partial charge >= 0.3 is 11.7 Å². The predicted molar refractivity (Wildman–Crippen MR) is 121 cm³/mol. The number of aliphatic carboxylic acids is 1. The highest BCUT2D eigenvalue weighted by Gasteiger charge is 2.22. The molecule has 1 aliphatic carbocycles. The summed E-state index contributed by atoms with van der Waals surface area (Å²) >= 11 is 0. The quantitative estimate of drug-likeness (QED) is 0.327. The Bertz CT molecular complexity index is 1340. The highest BCUT2D eigenvalue weighted by atomic mass is 16.4. The predicted octanol–water partition coefficient (Wildman–Crippen LogP) is 0.952. The van der Waals surface area contributed by atoms with Gasteiger partial charge in [-0.3, -0.25) is 4.79 Å². The lowest BCUT2D eigenvalue weighted by atomic mass is 9.94. The molecule has 0 saturated carbocycles. The molecule has 0 radical (unpaired) electrons. The van der Waals surface area contributed by atoms with Gasteiger partial charge in [-0.05, 0) is 50.7 Å². The number of hydrogen-bond acceptors (Lipinski definition) is 7. The smallest absolute Gasteiger partial charge is 0.340 e. The lowest BCUT2D eigenvalue weighted by molar-refractivity contribution is -0.308. The summed E-state index contributed by atoms with van der Waals surface area (Å²) in [5, 5.41) is 17.8. The number of nitrogens with two attached hydrogens (primary N) is 1. The van der Waals surface area contributed by atoms with E-state index in [0.717, 1.165) is 36.8 Å². The van der Waals surface area contributed by atoms with E-state index >= 15 is 0 Å². The zero-order chi connectivity index (χ0) is 24.4. The number of carboxylic acids is 1. The Kier molecular flexibility index (Phi) is 6.58. The topological polar surface area (TPSA) is 168 Å². The molecule has 0 fully saturated rings. The van der Waals surface area contributed by atoms with Crippen LogP contribution in [0.5, 0.6) is 0 Å². The van der Waals surface area contributed by atoms with Crippen LogP contribution >= 0.6 is 0 Å². The van der Waals surface area contributed by atoms with Crippen molar-refractivity contribution < 1.29 is 28.3 Å². The van der Waals surface area contributed by atoms with Crippen molar-refractivity contribution in [1.29, 1.82) is 0 Å². The summed E-state index contributed by atoms with van der Waals surface area (Å²) in [6, 6.07) is 1.66. The van der Waals surface area contributed by atoms with Gasteiger partial charge in [-0.1, -0.05) is 0 Å². The van der Waals surface area contributed by atoms with Crippen LogP contribution < -0.4 is 27.1 Å². The molecule has 0 spiro atoms. The minimum atomic E-state index is -1.46. The van der Waals surface area contributed by atoms with E-state index in [0.29, 0.717) is 22.1 Å². The Morgan fingerprint density at radius 2 is 1.85 bits per heavy atom. The number of furan rings is 1. The third-order valence-electron chi connectivity index (χ3n) is 6.29. The van der Waals surface area contributed by atoms with Gasteiger partial charge in [0.15, 0.2) is 0 Å². The molecule has 10 heteroatoms.